The van der Waals surface area contributed by atoms with Crippen molar-refractivity contribution < 1.29 is 80.2 Å². The Morgan fingerprint density at radius 1 is 0.290 bits per heavy atom. The van der Waals surface area contributed by atoms with Gasteiger partial charge in [0.05, 0.1) is 26.4 Å². The summed E-state index contributed by atoms with van der Waals surface area (Å²) in [6, 6.07) is 0. The van der Waals surface area contributed by atoms with Crippen molar-refractivity contribution >= 4 is 39.5 Å². The summed E-state index contributed by atoms with van der Waals surface area (Å²) < 4.78 is 68.8. The largest absolute Gasteiger partial charge is 0.472 e. The Morgan fingerprint density at radius 3 is 0.760 bits per heavy atom. The van der Waals surface area contributed by atoms with Crippen LogP contribution in [0.15, 0.2) is 0 Å². The molecule has 3 N–H and O–H groups in total. The van der Waals surface area contributed by atoms with Crippen molar-refractivity contribution in [3.63, 3.8) is 0 Å². The van der Waals surface area contributed by atoms with E-state index in [1.54, 1.807) is 0 Å². The zero-order chi connectivity index (χ0) is 73.5. The van der Waals surface area contributed by atoms with Gasteiger partial charge in [-0.05, 0) is 37.5 Å². The first kappa shape index (κ1) is 98.1. The molecule has 0 aliphatic heterocycles. The standard InChI is InChI=1S/C81H158O17P2/c1-7-10-12-14-16-18-20-22-24-27-31-34-38-45-51-57-63-78(83)91-69-76(97-81(86)66-60-54-48-40-36-32-28-25-26-29-33-37-43-49-55-61-73(4)5)71-95-99(87,88)93-67-75(82)68-94-100(89,90)96-72-77(70-92-79(84)64-58-52-46-42-41-44-50-56-62-74(6)9-3)98-80(85)65-59-53-47-39-35-30-23-21-19-17-15-13-11-8-2/h73-77,82H,7-72H2,1-6H3,(H,87,88)(H,89,90)/t74?,75-,76-,77-/m1/s1. The molecule has 0 fully saturated rings. The van der Waals surface area contributed by atoms with Crippen LogP contribution in [0.25, 0.3) is 0 Å². The summed E-state index contributed by atoms with van der Waals surface area (Å²) in [5, 5.41) is 10.6. The van der Waals surface area contributed by atoms with Gasteiger partial charge in [0.15, 0.2) is 12.2 Å². The van der Waals surface area contributed by atoms with Gasteiger partial charge in [0.25, 0.3) is 0 Å². The highest BCUT2D eigenvalue weighted by atomic mass is 31.2. The van der Waals surface area contributed by atoms with Gasteiger partial charge in [0.2, 0.25) is 0 Å². The predicted octanol–water partition coefficient (Wildman–Crippen LogP) is 24.3. The van der Waals surface area contributed by atoms with Crippen LogP contribution in [0.2, 0.25) is 0 Å². The molecule has 0 saturated heterocycles. The Bertz CT molecular complexity index is 1930. The minimum Gasteiger partial charge on any atom is -0.462 e. The second-order valence-electron chi connectivity index (χ2n) is 29.9. The molecular formula is C81H158O17P2. The smallest absolute Gasteiger partial charge is 0.462 e. The quantitative estimate of drug-likeness (QED) is 0.0222. The lowest BCUT2D eigenvalue weighted by Gasteiger charge is -2.21. The highest BCUT2D eigenvalue weighted by Crippen LogP contribution is 2.45. The molecule has 0 aromatic rings. The van der Waals surface area contributed by atoms with E-state index >= 15 is 0 Å². The lowest BCUT2D eigenvalue weighted by molar-refractivity contribution is -0.161. The van der Waals surface area contributed by atoms with Crippen molar-refractivity contribution in [1.29, 1.82) is 0 Å². The van der Waals surface area contributed by atoms with E-state index in [2.05, 4.69) is 41.5 Å². The van der Waals surface area contributed by atoms with Crippen LogP contribution in [0.3, 0.4) is 0 Å². The first-order valence-corrected chi connectivity index (χ1v) is 45.0. The number of carbonyl (C=O) groups excluding carboxylic acids is 4. The Morgan fingerprint density at radius 2 is 0.510 bits per heavy atom. The summed E-state index contributed by atoms with van der Waals surface area (Å²) in [6.07, 6.45) is 62.2. The van der Waals surface area contributed by atoms with E-state index in [0.29, 0.717) is 25.7 Å². The summed E-state index contributed by atoms with van der Waals surface area (Å²) in [7, 11) is -9.92. The molecule has 0 aliphatic carbocycles. The second-order valence-corrected chi connectivity index (χ2v) is 32.8. The first-order chi connectivity index (χ1) is 48.4. The number of aliphatic hydroxyl groups excluding tert-OH is 1. The van der Waals surface area contributed by atoms with Gasteiger partial charge in [0, 0.05) is 25.7 Å². The van der Waals surface area contributed by atoms with Crippen LogP contribution in [0.4, 0.5) is 0 Å². The first-order valence-electron chi connectivity index (χ1n) is 42.0. The molecule has 3 unspecified atom stereocenters. The summed E-state index contributed by atoms with van der Waals surface area (Å²) in [4.78, 5) is 73.1. The molecule has 19 heteroatoms. The van der Waals surface area contributed by atoms with Crippen molar-refractivity contribution in [2.75, 3.05) is 39.6 Å². The van der Waals surface area contributed by atoms with Gasteiger partial charge in [-0.1, -0.05) is 375 Å². The monoisotopic (exact) mass is 1470 g/mol. The van der Waals surface area contributed by atoms with Gasteiger partial charge in [-0.3, -0.25) is 37.3 Å². The minimum atomic E-state index is -4.96. The lowest BCUT2D eigenvalue weighted by Crippen LogP contribution is -2.30. The van der Waals surface area contributed by atoms with Crippen molar-refractivity contribution in [3.8, 4) is 0 Å². The summed E-state index contributed by atoms with van der Waals surface area (Å²) in [5.41, 5.74) is 0. The van der Waals surface area contributed by atoms with Crippen molar-refractivity contribution in [3.05, 3.63) is 0 Å². The Kier molecular flexibility index (Phi) is 71.2. The Balaban J connectivity index is 5.26. The van der Waals surface area contributed by atoms with E-state index in [9.17, 15) is 43.2 Å². The molecule has 0 amide bonds. The average Bonchev–Trinajstić information content (AvgIpc) is 0.927. The number of ether oxygens (including phenoxy) is 4. The van der Waals surface area contributed by atoms with Gasteiger partial charge >= 0.3 is 39.5 Å². The van der Waals surface area contributed by atoms with Crippen LogP contribution in [0.1, 0.15) is 427 Å². The average molecular weight is 1470 g/mol. The van der Waals surface area contributed by atoms with Gasteiger partial charge in [-0.15, -0.1) is 0 Å². The zero-order valence-corrected chi connectivity index (χ0v) is 67.3. The number of hydrogen-bond acceptors (Lipinski definition) is 15. The predicted molar refractivity (Wildman–Crippen MR) is 409 cm³/mol. The van der Waals surface area contributed by atoms with Crippen LogP contribution in [0, 0.1) is 11.8 Å². The molecule has 594 valence electrons. The van der Waals surface area contributed by atoms with E-state index in [1.165, 1.54) is 244 Å². The Hall–Kier alpha value is -1.94. The third-order valence-electron chi connectivity index (χ3n) is 19.3. The highest BCUT2D eigenvalue weighted by molar-refractivity contribution is 7.47. The number of phosphoric acid groups is 2. The second kappa shape index (κ2) is 72.6. The minimum absolute atomic E-state index is 0.108. The van der Waals surface area contributed by atoms with Gasteiger partial charge < -0.3 is 33.8 Å². The van der Waals surface area contributed by atoms with Crippen LogP contribution >= 0.6 is 15.6 Å². The summed E-state index contributed by atoms with van der Waals surface area (Å²) in [6.45, 7) is 9.67. The van der Waals surface area contributed by atoms with Gasteiger partial charge in [-0.25, -0.2) is 9.13 Å². The van der Waals surface area contributed by atoms with Crippen molar-refractivity contribution in [2.45, 2.75) is 445 Å². The molecule has 0 aliphatic rings. The third-order valence-corrected chi connectivity index (χ3v) is 21.2. The molecule has 0 saturated carbocycles. The van der Waals surface area contributed by atoms with E-state index in [-0.39, 0.29) is 25.7 Å². The maximum atomic E-state index is 13.1. The summed E-state index contributed by atoms with van der Waals surface area (Å²) in [5.74, 6) is -0.526. The molecule has 0 aromatic carbocycles. The molecule has 6 atom stereocenters. The maximum absolute atomic E-state index is 13.1. The molecule has 0 spiro atoms. The third kappa shape index (κ3) is 73.0. The SMILES string of the molecule is CCCCCCCCCCCCCCCCCCC(=O)OC[C@H](COP(=O)(O)OC[C@@H](O)COP(=O)(O)OC[C@@H](COC(=O)CCCCCCCCCCC(C)CC)OC(=O)CCCCCCCCCCCCCCCC)OC(=O)CCCCCCCCCCCCCCCCCC(C)C. The Labute approximate surface area is 613 Å². The topological polar surface area (TPSA) is 237 Å². The molecule has 0 rings (SSSR count). The fourth-order valence-electron chi connectivity index (χ4n) is 12.5. The van der Waals surface area contributed by atoms with Crippen molar-refractivity contribution in [1.82, 2.24) is 0 Å². The fourth-order valence-corrected chi connectivity index (χ4v) is 14.1. The molecule has 17 nitrogen and oxygen atoms in total. The normalized spacial score (nSPS) is 14.2. The number of rotatable bonds is 80. The maximum Gasteiger partial charge on any atom is 0.472 e. The zero-order valence-electron chi connectivity index (χ0n) is 65.5. The van der Waals surface area contributed by atoms with Crippen LogP contribution in [0.5, 0.6) is 0 Å². The molecule has 0 aromatic heterocycles. The number of carbonyl (C=O) groups is 4. The van der Waals surface area contributed by atoms with Crippen molar-refractivity contribution in [2.24, 2.45) is 11.8 Å². The molecule has 100 heavy (non-hydrogen) atoms. The molecule has 0 heterocycles. The number of phosphoric ester groups is 2. The van der Waals surface area contributed by atoms with Crippen LogP contribution in [-0.2, 0) is 65.4 Å². The molecular weight excluding hydrogens is 1310 g/mol. The number of unbranched alkanes of at least 4 members (excludes halogenated alkanes) is 49. The summed E-state index contributed by atoms with van der Waals surface area (Å²) >= 11 is 0. The number of hydrogen-bond donors (Lipinski definition) is 3. The van der Waals surface area contributed by atoms with E-state index in [4.69, 9.17) is 37.0 Å². The van der Waals surface area contributed by atoms with Gasteiger partial charge in [0.1, 0.15) is 19.3 Å². The van der Waals surface area contributed by atoms with Gasteiger partial charge in [-0.2, -0.15) is 0 Å². The van der Waals surface area contributed by atoms with Crippen LogP contribution < -0.4 is 0 Å². The van der Waals surface area contributed by atoms with Crippen LogP contribution in [-0.4, -0.2) is 96.7 Å². The number of esters is 4. The lowest BCUT2D eigenvalue weighted by atomic mass is 9.99. The highest BCUT2D eigenvalue weighted by Gasteiger charge is 2.30. The number of aliphatic hydroxyl groups is 1. The molecule has 0 bridgehead atoms. The fraction of sp³-hybridized carbons (Fsp3) is 0.951. The van der Waals surface area contributed by atoms with E-state index in [0.717, 1.165) is 102 Å². The van der Waals surface area contributed by atoms with E-state index < -0.39 is 97.5 Å². The van der Waals surface area contributed by atoms with E-state index in [1.807, 2.05) is 0 Å². The molecule has 0 radical (unpaired) electrons.